The number of nitrogen functional groups attached to an aromatic ring is 1. The molecule has 0 radical (unpaired) electrons. The Morgan fingerprint density at radius 1 is 1.33 bits per heavy atom. The molecule has 1 atom stereocenters. The lowest BCUT2D eigenvalue weighted by atomic mass is 10.1. The molecule has 0 spiro atoms. The van der Waals surface area contributed by atoms with Crippen molar-refractivity contribution >= 4 is 31.6 Å². The summed E-state index contributed by atoms with van der Waals surface area (Å²) in [5.41, 5.74) is 6.21. The molecule has 0 bridgehead atoms. The third kappa shape index (κ3) is 4.67. The molecular weight excluding hydrogens is 354 g/mol. The van der Waals surface area contributed by atoms with Crippen LogP contribution in [0, 0.1) is 0 Å². The molecule has 2 rings (SSSR count). The van der Waals surface area contributed by atoms with Crippen molar-refractivity contribution in [2.75, 3.05) is 25.4 Å². The average molecular weight is 376 g/mol. The Labute approximate surface area is 135 Å². The van der Waals surface area contributed by atoms with Crippen molar-refractivity contribution in [1.29, 1.82) is 0 Å². The number of nitrogens with zero attached hydrogens (tertiary/aromatic N) is 1. The van der Waals surface area contributed by atoms with Gasteiger partial charge in [-0.15, -0.1) is 0 Å². The average Bonchev–Trinajstić information content (AvgIpc) is 2.42. The smallest absolute Gasteiger partial charge is 0.240 e. The summed E-state index contributed by atoms with van der Waals surface area (Å²) in [5.74, 6) is 0. The van der Waals surface area contributed by atoms with Gasteiger partial charge in [0.1, 0.15) is 0 Å². The van der Waals surface area contributed by atoms with E-state index in [-0.39, 0.29) is 10.9 Å². The van der Waals surface area contributed by atoms with Crippen molar-refractivity contribution in [1.82, 2.24) is 9.62 Å². The van der Waals surface area contributed by atoms with Crippen LogP contribution in [0.5, 0.6) is 0 Å². The molecule has 3 N–H and O–H groups in total. The predicted molar refractivity (Wildman–Crippen MR) is 88.6 cm³/mol. The van der Waals surface area contributed by atoms with Crippen LogP contribution in [0.3, 0.4) is 0 Å². The van der Waals surface area contributed by atoms with E-state index in [0.29, 0.717) is 10.2 Å². The summed E-state index contributed by atoms with van der Waals surface area (Å²) in [7, 11) is -3.51. The van der Waals surface area contributed by atoms with Gasteiger partial charge in [0.2, 0.25) is 10.0 Å². The third-order valence-electron chi connectivity index (χ3n) is 3.62. The molecule has 1 saturated heterocycles. The van der Waals surface area contributed by atoms with E-state index in [4.69, 9.17) is 5.73 Å². The SMILES string of the molecule is CC(CN1CCCCC1)NS(=O)(=O)c1ccc(N)c(Br)c1. The predicted octanol–water partition coefficient (Wildman–Crippen LogP) is 2.18. The number of benzene rings is 1. The molecule has 1 aliphatic heterocycles. The third-order valence-corrected chi connectivity index (χ3v) is 5.89. The van der Waals surface area contributed by atoms with Gasteiger partial charge in [-0.2, -0.15) is 0 Å². The molecular formula is C14H22BrN3O2S. The molecule has 1 aromatic rings. The monoisotopic (exact) mass is 375 g/mol. The normalized spacial score (nSPS) is 18.6. The molecule has 0 aliphatic carbocycles. The molecule has 1 aromatic carbocycles. The fraction of sp³-hybridized carbons (Fsp3) is 0.571. The number of halogens is 1. The van der Waals surface area contributed by atoms with E-state index in [1.807, 2.05) is 6.92 Å². The van der Waals surface area contributed by atoms with Crippen LogP contribution >= 0.6 is 15.9 Å². The van der Waals surface area contributed by atoms with Gasteiger partial charge in [-0.3, -0.25) is 0 Å². The van der Waals surface area contributed by atoms with Crippen LogP contribution in [0.15, 0.2) is 27.6 Å². The summed E-state index contributed by atoms with van der Waals surface area (Å²) >= 11 is 3.26. The molecule has 0 aromatic heterocycles. The second kappa shape index (κ2) is 7.09. The second-order valence-corrected chi connectivity index (χ2v) is 8.14. The number of sulfonamides is 1. The number of hydrogen-bond donors (Lipinski definition) is 2. The fourth-order valence-corrected chi connectivity index (χ4v) is 4.37. The Morgan fingerprint density at radius 2 is 2.00 bits per heavy atom. The van der Waals surface area contributed by atoms with Gasteiger partial charge in [-0.05, 0) is 67.0 Å². The summed E-state index contributed by atoms with van der Waals surface area (Å²) in [6, 6.07) is 4.53. The Balaban J connectivity index is 2.00. The highest BCUT2D eigenvalue weighted by molar-refractivity contribution is 9.10. The maximum absolute atomic E-state index is 12.4. The van der Waals surface area contributed by atoms with Crippen molar-refractivity contribution < 1.29 is 8.42 Å². The van der Waals surface area contributed by atoms with Crippen LogP contribution in [-0.4, -0.2) is 39.0 Å². The first-order valence-electron chi connectivity index (χ1n) is 7.18. The molecule has 1 aliphatic rings. The van der Waals surface area contributed by atoms with Crippen molar-refractivity contribution in [3.8, 4) is 0 Å². The lowest BCUT2D eigenvalue weighted by Gasteiger charge is -2.29. The quantitative estimate of drug-likeness (QED) is 0.773. The van der Waals surface area contributed by atoms with Gasteiger partial charge < -0.3 is 10.6 Å². The summed E-state index contributed by atoms with van der Waals surface area (Å²) in [5, 5.41) is 0. The lowest BCUT2D eigenvalue weighted by Crippen LogP contribution is -2.43. The molecule has 0 amide bonds. The second-order valence-electron chi connectivity index (χ2n) is 5.57. The van der Waals surface area contributed by atoms with Crippen LogP contribution < -0.4 is 10.5 Å². The summed E-state index contributed by atoms with van der Waals surface area (Å²) in [6.45, 7) is 4.76. The van der Waals surface area contributed by atoms with E-state index >= 15 is 0 Å². The lowest BCUT2D eigenvalue weighted by molar-refractivity contribution is 0.215. The minimum atomic E-state index is -3.51. The highest BCUT2D eigenvalue weighted by Gasteiger charge is 2.20. The van der Waals surface area contributed by atoms with Crippen LogP contribution in [0.2, 0.25) is 0 Å². The molecule has 1 heterocycles. The van der Waals surface area contributed by atoms with Crippen LogP contribution in [-0.2, 0) is 10.0 Å². The molecule has 1 fully saturated rings. The van der Waals surface area contributed by atoms with E-state index < -0.39 is 10.0 Å². The first-order chi connectivity index (χ1) is 9.88. The van der Waals surface area contributed by atoms with Crippen molar-refractivity contribution in [3.05, 3.63) is 22.7 Å². The largest absolute Gasteiger partial charge is 0.398 e. The van der Waals surface area contributed by atoms with Gasteiger partial charge in [-0.25, -0.2) is 13.1 Å². The zero-order valence-corrected chi connectivity index (χ0v) is 14.6. The topological polar surface area (TPSA) is 75.4 Å². The zero-order chi connectivity index (χ0) is 15.5. The van der Waals surface area contributed by atoms with Crippen LogP contribution in [0.1, 0.15) is 26.2 Å². The summed E-state index contributed by atoms with van der Waals surface area (Å²) in [4.78, 5) is 2.55. The van der Waals surface area contributed by atoms with Crippen molar-refractivity contribution in [2.45, 2.75) is 37.1 Å². The van der Waals surface area contributed by atoms with Gasteiger partial charge in [-0.1, -0.05) is 6.42 Å². The molecule has 5 nitrogen and oxygen atoms in total. The van der Waals surface area contributed by atoms with E-state index in [9.17, 15) is 8.42 Å². The van der Waals surface area contributed by atoms with E-state index in [1.165, 1.54) is 31.4 Å². The maximum Gasteiger partial charge on any atom is 0.240 e. The van der Waals surface area contributed by atoms with Gasteiger partial charge >= 0.3 is 0 Å². The zero-order valence-electron chi connectivity index (χ0n) is 12.2. The van der Waals surface area contributed by atoms with Crippen LogP contribution in [0.25, 0.3) is 0 Å². The van der Waals surface area contributed by atoms with E-state index in [0.717, 1.165) is 19.6 Å². The first-order valence-corrected chi connectivity index (χ1v) is 9.46. The van der Waals surface area contributed by atoms with E-state index in [1.54, 1.807) is 6.07 Å². The molecule has 0 saturated carbocycles. The van der Waals surface area contributed by atoms with Gasteiger partial charge in [0.15, 0.2) is 0 Å². The number of likely N-dealkylation sites (tertiary alicyclic amines) is 1. The Morgan fingerprint density at radius 3 is 2.62 bits per heavy atom. The number of nitrogens with one attached hydrogen (secondary N) is 1. The molecule has 7 heteroatoms. The number of hydrogen-bond acceptors (Lipinski definition) is 4. The van der Waals surface area contributed by atoms with Crippen LogP contribution in [0.4, 0.5) is 5.69 Å². The van der Waals surface area contributed by atoms with Crippen molar-refractivity contribution in [3.63, 3.8) is 0 Å². The first kappa shape index (κ1) is 16.7. The van der Waals surface area contributed by atoms with Gasteiger partial charge in [0.05, 0.1) is 4.90 Å². The number of piperidine rings is 1. The standard InChI is InChI=1S/C14H22BrN3O2S/c1-11(10-18-7-3-2-4-8-18)17-21(19,20)12-5-6-14(16)13(15)9-12/h5-6,9,11,17H,2-4,7-8,10,16H2,1H3. The number of nitrogens with two attached hydrogens (primary N) is 1. The highest BCUT2D eigenvalue weighted by Crippen LogP contribution is 2.23. The Bertz CT molecular complexity index is 586. The van der Waals surface area contributed by atoms with Gasteiger partial charge in [0, 0.05) is 22.7 Å². The highest BCUT2D eigenvalue weighted by atomic mass is 79.9. The molecule has 21 heavy (non-hydrogen) atoms. The minimum Gasteiger partial charge on any atom is -0.398 e. The summed E-state index contributed by atoms with van der Waals surface area (Å²) in [6.07, 6.45) is 3.67. The van der Waals surface area contributed by atoms with Gasteiger partial charge in [0.25, 0.3) is 0 Å². The maximum atomic E-state index is 12.4. The summed E-state index contributed by atoms with van der Waals surface area (Å²) < 4.78 is 28.0. The molecule has 1 unspecified atom stereocenters. The van der Waals surface area contributed by atoms with Crippen molar-refractivity contribution in [2.24, 2.45) is 0 Å². The molecule has 118 valence electrons. The Hall–Kier alpha value is -0.630. The number of rotatable bonds is 5. The fourth-order valence-electron chi connectivity index (χ4n) is 2.57. The van der Waals surface area contributed by atoms with E-state index in [2.05, 4.69) is 25.6 Å². The minimum absolute atomic E-state index is 0.121. The number of anilines is 1. The Kier molecular flexibility index (Phi) is 5.65.